The minimum Gasteiger partial charge on any atom is -0.482 e. The molecule has 1 aromatic heterocycles. The normalized spacial score (nSPS) is 12.4. The topological polar surface area (TPSA) is 83.9 Å². The molecule has 3 aromatic rings. The molecule has 196 valence electrons. The van der Waals surface area contributed by atoms with Crippen LogP contribution in [0.25, 0.3) is 10.1 Å². The first-order valence-corrected chi connectivity index (χ1v) is 14.3. The number of rotatable bonds is 11. The van der Waals surface area contributed by atoms with E-state index in [9.17, 15) is 26.4 Å². The Morgan fingerprint density at radius 2 is 1.92 bits per heavy atom. The molecule has 3 rings (SSSR count). The molecule has 0 unspecified atom stereocenters. The van der Waals surface area contributed by atoms with Gasteiger partial charge in [0.1, 0.15) is 9.96 Å². The van der Waals surface area contributed by atoms with Crippen LogP contribution >= 0.6 is 34.7 Å². The van der Waals surface area contributed by atoms with E-state index in [1.54, 1.807) is 32.0 Å². The molecule has 0 amide bonds. The van der Waals surface area contributed by atoms with Crippen LogP contribution < -0.4 is 4.74 Å². The van der Waals surface area contributed by atoms with Gasteiger partial charge in [0.05, 0.1) is 5.56 Å². The van der Waals surface area contributed by atoms with Crippen molar-refractivity contribution in [1.82, 2.24) is 4.31 Å². The molecule has 0 aliphatic heterocycles. The molecular weight excluding hydrogens is 559 g/mol. The highest BCUT2D eigenvalue weighted by atomic mass is 35.5. The molecule has 0 radical (unpaired) electrons. The van der Waals surface area contributed by atoms with Crippen molar-refractivity contribution in [3.05, 3.63) is 52.5 Å². The fourth-order valence-electron chi connectivity index (χ4n) is 3.49. The summed E-state index contributed by atoms with van der Waals surface area (Å²) in [6.07, 6.45) is -4.45. The number of thioether (sulfide) groups is 1. The zero-order chi connectivity index (χ0) is 26.7. The van der Waals surface area contributed by atoms with E-state index in [0.717, 1.165) is 15.3 Å². The van der Waals surface area contributed by atoms with Crippen LogP contribution in [-0.4, -0.2) is 49.2 Å². The lowest BCUT2D eigenvalue weighted by atomic mass is 10.2. The predicted molar refractivity (Wildman–Crippen MR) is 136 cm³/mol. The van der Waals surface area contributed by atoms with Crippen LogP contribution in [0.15, 0.2) is 45.5 Å². The second kappa shape index (κ2) is 11.6. The van der Waals surface area contributed by atoms with Crippen LogP contribution in [0, 0.1) is 6.92 Å². The van der Waals surface area contributed by atoms with Gasteiger partial charge in [-0.05, 0) is 55.3 Å². The Hall–Kier alpha value is -1.99. The van der Waals surface area contributed by atoms with Crippen molar-refractivity contribution in [2.75, 3.05) is 25.4 Å². The Labute approximate surface area is 220 Å². The lowest BCUT2D eigenvalue weighted by molar-refractivity contribution is -0.139. The molecule has 0 aliphatic carbocycles. The summed E-state index contributed by atoms with van der Waals surface area (Å²) in [4.78, 5) is 11.5. The molecule has 0 saturated carbocycles. The molecule has 1 N–H and O–H groups in total. The van der Waals surface area contributed by atoms with Gasteiger partial charge in [0.2, 0.25) is 0 Å². The van der Waals surface area contributed by atoms with Gasteiger partial charge in [-0.2, -0.15) is 17.5 Å². The van der Waals surface area contributed by atoms with Gasteiger partial charge in [-0.15, -0.1) is 23.1 Å². The Balaban J connectivity index is 1.83. The largest absolute Gasteiger partial charge is 0.482 e. The zero-order valence-electron chi connectivity index (χ0n) is 19.3. The summed E-state index contributed by atoms with van der Waals surface area (Å²) >= 11 is 7.82. The number of nitrogens with zero attached hydrogens (tertiary/aromatic N) is 1. The molecule has 2 aromatic carbocycles. The molecule has 0 bridgehead atoms. The average Bonchev–Trinajstić information content (AvgIpc) is 3.18. The highest BCUT2D eigenvalue weighted by Crippen LogP contribution is 2.46. The Bertz CT molecular complexity index is 1360. The van der Waals surface area contributed by atoms with Gasteiger partial charge in [-0.25, -0.2) is 13.2 Å². The third kappa shape index (κ3) is 6.65. The minimum atomic E-state index is -4.88. The number of sulfonamides is 1. The van der Waals surface area contributed by atoms with Gasteiger partial charge in [0.25, 0.3) is 10.0 Å². The van der Waals surface area contributed by atoms with Crippen molar-refractivity contribution < 1.29 is 36.2 Å². The maximum absolute atomic E-state index is 14.0. The summed E-state index contributed by atoms with van der Waals surface area (Å²) in [5.74, 6) is -0.381. The van der Waals surface area contributed by atoms with Gasteiger partial charge in [-0.3, -0.25) is 0 Å². The highest BCUT2D eigenvalue weighted by molar-refractivity contribution is 7.99. The number of halogens is 4. The molecule has 0 spiro atoms. The Kier molecular flexibility index (Phi) is 9.20. The summed E-state index contributed by atoms with van der Waals surface area (Å²) in [5.41, 5.74) is -0.482. The Morgan fingerprint density at radius 1 is 1.19 bits per heavy atom. The van der Waals surface area contributed by atoms with E-state index in [1.165, 1.54) is 23.9 Å². The summed E-state index contributed by atoms with van der Waals surface area (Å²) in [6, 6.07) is 9.07. The summed E-state index contributed by atoms with van der Waals surface area (Å²) in [5, 5.41) is 8.60. The van der Waals surface area contributed by atoms with E-state index in [-0.39, 0.29) is 28.2 Å². The number of carboxylic acids is 1. The monoisotopic (exact) mass is 581 g/mol. The number of fused-ring (bicyclic) bond motifs is 1. The van der Waals surface area contributed by atoms with Crippen LogP contribution in [0.5, 0.6) is 5.75 Å². The second-order valence-corrected chi connectivity index (χ2v) is 12.6. The number of hydrogen-bond donors (Lipinski definition) is 1. The number of hydrogen-bond acceptors (Lipinski definition) is 6. The quantitative estimate of drug-likeness (QED) is 0.259. The molecule has 36 heavy (non-hydrogen) atoms. The lowest BCUT2D eigenvalue weighted by Crippen LogP contribution is -2.34. The second-order valence-electron chi connectivity index (χ2n) is 7.77. The van der Waals surface area contributed by atoms with Crippen LogP contribution in [-0.2, 0) is 21.0 Å². The highest BCUT2D eigenvalue weighted by Gasteiger charge is 2.42. The number of carboxylic acid groups (broad SMARTS) is 1. The number of aliphatic carboxylic acids is 1. The number of ether oxygens (including phenoxy) is 1. The molecule has 0 saturated heterocycles. The SMILES string of the molecule is CCCN(CCSc1ccc(OCC(=O)O)c(C)c1)S(=O)(=O)c1sc2ccc(Cl)cc2c1C(F)(F)F. The third-order valence-corrected chi connectivity index (χ3v) is 9.83. The molecule has 0 atom stereocenters. The number of thiophene rings is 1. The zero-order valence-corrected chi connectivity index (χ0v) is 22.5. The summed E-state index contributed by atoms with van der Waals surface area (Å²) < 4.78 is 74.6. The number of benzene rings is 2. The van der Waals surface area contributed by atoms with Gasteiger partial charge in [-0.1, -0.05) is 18.5 Å². The van der Waals surface area contributed by atoms with E-state index in [1.807, 2.05) is 0 Å². The molecule has 0 fully saturated rings. The van der Waals surface area contributed by atoms with Gasteiger partial charge < -0.3 is 9.84 Å². The Morgan fingerprint density at radius 3 is 2.53 bits per heavy atom. The lowest BCUT2D eigenvalue weighted by Gasteiger charge is -2.22. The first kappa shape index (κ1) is 28.6. The van der Waals surface area contributed by atoms with Gasteiger partial charge in [0.15, 0.2) is 6.61 Å². The predicted octanol–water partition coefficient (Wildman–Crippen LogP) is 6.54. The van der Waals surface area contributed by atoms with Crippen molar-refractivity contribution in [2.45, 2.75) is 35.5 Å². The molecule has 0 aliphatic rings. The number of aryl methyl sites for hydroxylation is 1. The van der Waals surface area contributed by atoms with E-state index < -0.39 is 38.5 Å². The van der Waals surface area contributed by atoms with Crippen molar-refractivity contribution in [2.24, 2.45) is 0 Å². The fraction of sp³-hybridized carbons (Fsp3) is 0.348. The first-order chi connectivity index (χ1) is 16.8. The van der Waals surface area contributed by atoms with Gasteiger partial charge >= 0.3 is 12.1 Å². The van der Waals surface area contributed by atoms with Crippen LogP contribution in [0.1, 0.15) is 24.5 Å². The molecule has 6 nitrogen and oxygen atoms in total. The van der Waals surface area contributed by atoms with Crippen LogP contribution in [0.3, 0.4) is 0 Å². The fourth-order valence-corrected chi connectivity index (χ4v) is 8.17. The third-order valence-electron chi connectivity index (χ3n) is 5.06. The summed E-state index contributed by atoms with van der Waals surface area (Å²) in [6.45, 7) is 3.10. The minimum absolute atomic E-state index is 0.00342. The van der Waals surface area contributed by atoms with E-state index in [2.05, 4.69) is 0 Å². The molecule has 13 heteroatoms. The van der Waals surface area contributed by atoms with Gasteiger partial charge in [0, 0.05) is 38.8 Å². The van der Waals surface area contributed by atoms with E-state index in [0.29, 0.717) is 34.8 Å². The van der Waals surface area contributed by atoms with Crippen molar-refractivity contribution in [3.63, 3.8) is 0 Å². The standard InChI is InChI=1S/C23H23ClF3NO5S3/c1-3-8-28(9-10-34-16-5-6-18(14(2)11-16)33-13-20(29)30)36(31,32)22-21(23(25,26)27)17-12-15(24)4-7-19(17)35-22/h4-7,11-12H,3,8-10,13H2,1-2H3,(H,29,30). The smallest absolute Gasteiger partial charge is 0.419 e. The van der Waals surface area contributed by atoms with Crippen molar-refractivity contribution in [3.8, 4) is 5.75 Å². The van der Waals surface area contributed by atoms with Crippen LogP contribution in [0.2, 0.25) is 5.02 Å². The van der Waals surface area contributed by atoms with Crippen LogP contribution in [0.4, 0.5) is 13.2 Å². The first-order valence-electron chi connectivity index (χ1n) is 10.7. The molecule has 1 heterocycles. The number of carbonyl (C=O) groups is 1. The summed E-state index contributed by atoms with van der Waals surface area (Å²) in [7, 11) is -4.44. The molecular formula is C23H23ClF3NO5S3. The number of alkyl halides is 3. The van der Waals surface area contributed by atoms with E-state index >= 15 is 0 Å². The van der Waals surface area contributed by atoms with E-state index in [4.69, 9.17) is 21.4 Å². The average molecular weight is 582 g/mol. The van der Waals surface area contributed by atoms with Crippen molar-refractivity contribution >= 4 is 60.8 Å². The maximum atomic E-state index is 14.0. The van der Waals surface area contributed by atoms with Crippen molar-refractivity contribution in [1.29, 1.82) is 0 Å². The maximum Gasteiger partial charge on any atom is 0.419 e.